The van der Waals surface area contributed by atoms with Gasteiger partial charge in [0.1, 0.15) is 5.00 Å². The van der Waals surface area contributed by atoms with Crippen molar-refractivity contribution in [2.75, 3.05) is 0 Å². The van der Waals surface area contributed by atoms with Crippen molar-refractivity contribution < 1.29 is 13.2 Å². The molecule has 3 nitrogen and oxygen atoms in total. The summed E-state index contributed by atoms with van der Waals surface area (Å²) in [5, 5.41) is 4.60. The van der Waals surface area contributed by atoms with Crippen LogP contribution < -0.4 is 0 Å². The fourth-order valence-electron chi connectivity index (χ4n) is 3.00. The first-order chi connectivity index (χ1) is 9.87. The van der Waals surface area contributed by atoms with Crippen LogP contribution in [0.25, 0.3) is 5.00 Å². The second kappa shape index (κ2) is 5.12. The van der Waals surface area contributed by atoms with Crippen LogP contribution in [0.3, 0.4) is 0 Å². The number of aromatic nitrogens is 3. The van der Waals surface area contributed by atoms with Gasteiger partial charge in [-0.2, -0.15) is 22.6 Å². The van der Waals surface area contributed by atoms with E-state index in [0.717, 1.165) is 42.6 Å². The van der Waals surface area contributed by atoms with Crippen LogP contribution >= 0.6 is 11.5 Å². The molecule has 1 saturated carbocycles. The maximum absolute atomic E-state index is 12.6. The van der Waals surface area contributed by atoms with E-state index >= 15 is 0 Å². The number of halogens is 3. The van der Waals surface area contributed by atoms with Crippen molar-refractivity contribution in [3.05, 3.63) is 29.7 Å². The van der Waals surface area contributed by atoms with Crippen molar-refractivity contribution in [1.29, 1.82) is 0 Å². The van der Waals surface area contributed by atoms with Gasteiger partial charge in [0.15, 0.2) is 5.69 Å². The zero-order valence-corrected chi connectivity index (χ0v) is 12.5. The summed E-state index contributed by atoms with van der Waals surface area (Å²) in [4.78, 5) is 0. The molecule has 0 radical (unpaired) electrons. The van der Waals surface area contributed by atoms with Crippen molar-refractivity contribution >= 4 is 11.5 Å². The first-order valence-corrected chi connectivity index (χ1v) is 7.72. The molecule has 3 rings (SSSR count). The van der Waals surface area contributed by atoms with Crippen molar-refractivity contribution in [2.24, 2.45) is 5.41 Å². The van der Waals surface area contributed by atoms with E-state index in [-0.39, 0.29) is 5.41 Å². The molecule has 1 fully saturated rings. The van der Waals surface area contributed by atoms with E-state index in [1.165, 1.54) is 12.8 Å². The third kappa shape index (κ3) is 2.97. The van der Waals surface area contributed by atoms with Crippen LogP contribution in [0.5, 0.6) is 0 Å². The maximum atomic E-state index is 12.6. The Labute approximate surface area is 125 Å². The molecule has 2 aromatic heterocycles. The molecule has 0 N–H and O–H groups in total. The molecule has 114 valence electrons. The monoisotopic (exact) mass is 315 g/mol. The lowest BCUT2D eigenvalue weighted by atomic mass is 9.84. The van der Waals surface area contributed by atoms with E-state index in [2.05, 4.69) is 16.4 Å². The zero-order chi connectivity index (χ0) is 15.1. The second-order valence-electron chi connectivity index (χ2n) is 5.98. The van der Waals surface area contributed by atoms with E-state index < -0.39 is 11.9 Å². The molecule has 0 atom stereocenters. The Bertz CT molecular complexity index is 623. The standard InChI is InChI=1S/C14H16F3N3S/c1-13(5-2-3-6-13)9-10-4-7-18-20(10)12-8-11(19-21-12)14(15,16)17/h4,7-8H,2-3,5-6,9H2,1H3. The summed E-state index contributed by atoms with van der Waals surface area (Å²) in [6, 6.07) is 2.95. The molecule has 0 saturated heterocycles. The van der Waals surface area contributed by atoms with Gasteiger partial charge in [0.2, 0.25) is 0 Å². The van der Waals surface area contributed by atoms with Crippen LogP contribution in [0, 0.1) is 5.41 Å². The molecule has 2 aromatic rings. The molecule has 21 heavy (non-hydrogen) atoms. The second-order valence-corrected chi connectivity index (χ2v) is 6.76. The van der Waals surface area contributed by atoms with Crippen LogP contribution in [-0.4, -0.2) is 14.2 Å². The molecule has 1 aliphatic rings. The van der Waals surface area contributed by atoms with Crippen molar-refractivity contribution in [3.63, 3.8) is 0 Å². The molecular weight excluding hydrogens is 299 g/mol. The van der Waals surface area contributed by atoms with E-state index in [4.69, 9.17) is 0 Å². The molecule has 0 bridgehead atoms. The van der Waals surface area contributed by atoms with Crippen molar-refractivity contribution in [3.8, 4) is 5.00 Å². The maximum Gasteiger partial charge on any atom is 0.434 e. The van der Waals surface area contributed by atoms with Crippen molar-refractivity contribution in [1.82, 2.24) is 14.2 Å². The van der Waals surface area contributed by atoms with E-state index in [1.54, 1.807) is 10.9 Å². The highest BCUT2D eigenvalue weighted by Crippen LogP contribution is 2.40. The molecule has 0 aromatic carbocycles. The summed E-state index contributed by atoms with van der Waals surface area (Å²) >= 11 is 0.836. The lowest BCUT2D eigenvalue weighted by molar-refractivity contribution is -0.140. The van der Waals surface area contributed by atoms with Crippen LogP contribution in [0.1, 0.15) is 44.0 Å². The fraction of sp³-hybridized carbons (Fsp3) is 0.571. The van der Waals surface area contributed by atoms with E-state index in [0.29, 0.717) is 5.00 Å². The minimum atomic E-state index is -4.40. The van der Waals surface area contributed by atoms with E-state index in [1.807, 2.05) is 6.07 Å². The molecule has 1 aliphatic carbocycles. The summed E-state index contributed by atoms with van der Waals surface area (Å²) in [5.41, 5.74) is 0.336. The Balaban J connectivity index is 1.87. The molecular formula is C14H16F3N3S. The Kier molecular flexibility index (Phi) is 3.55. The number of alkyl halides is 3. The minimum Gasteiger partial charge on any atom is -0.226 e. The van der Waals surface area contributed by atoms with Gasteiger partial charge >= 0.3 is 6.18 Å². The lowest BCUT2D eigenvalue weighted by Crippen LogP contribution is -2.17. The average molecular weight is 315 g/mol. The van der Waals surface area contributed by atoms with Gasteiger partial charge in [-0.05, 0) is 42.3 Å². The van der Waals surface area contributed by atoms with Gasteiger partial charge in [0.05, 0.1) is 0 Å². The predicted molar refractivity (Wildman–Crippen MR) is 74.5 cm³/mol. The van der Waals surface area contributed by atoms with Gasteiger partial charge in [0.25, 0.3) is 0 Å². The highest BCUT2D eigenvalue weighted by molar-refractivity contribution is 7.08. The Morgan fingerprint density at radius 3 is 2.67 bits per heavy atom. The van der Waals surface area contributed by atoms with Gasteiger partial charge in [-0.1, -0.05) is 19.8 Å². The molecule has 7 heteroatoms. The number of hydrogen-bond acceptors (Lipinski definition) is 3. The van der Waals surface area contributed by atoms with Crippen LogP contribution in [0.15, 0.2) is 18.3 Å². The van der Waals surface area contributed by atoms with Gasteiger partial charge in [0, 0.05) is 18.0 Å². The van der Waals surface area contributed by atoms with E-state index in [9.17, 15) is 13.2 Å². The summed E-state index contributed by atoms with van der Waals surface area (Å²) in [6.07, 6.45) is 2.85. The van der Waals surface area contributed by atoms with Gasteiger partial charge in [-0.25, -0.2) is 4.68 Å². The summed E-state index contributed by atoms with van der Waals surface area (Å²) < 4.78 is 43.0. The molecule has 0 spiro atoms. The third-order valence-corrected chi connectivity index (χ3v) is 4.90. The molecule has 0 unspecified atom stereocenters. The normalized spacial score (nSPS) is 18.3. The van der Waals surface area contributed by atoms with Gasteiger partial charge < -0.3 is 0 Å². The Morgan fingerprint density at radius 2 is 2.05 bits per heavy atom. The van der Waals surface area contributed by atoms with Crippen LogP contribution in [0.2, 0.25) is 0 Å². The number of nitrogens with zero attached hydrogens (tertiary/aromatic N) is 3. The topological polar surface area (TPSA) is 30.7 Å². The predicted octanol–water partition coefficient (Wildman–Crippen LogP) is 4.47. The minimum absolute atomic E-state index is 0.231. The van der Waals surface area contributed by atoms with Crippen molar-refractivity contribution in [2.45, 2.75) is 45.2 Å². The average Bonchev–Trinajstić information content (AvgIpc) is 3.07. The van der Waals surface area contributed by atoms with Gasteiger partial charge in [-0.3, -0.25) is 0 Å². The molecule has 2 heterocycles. The summed E-state index contributed by atoms with van der Waals surface area (Å²) in [6.45, 7) is 2.24. The highest BCUT2D eigenvalue weighted by Gasteiger charge is 2.35. The summed E-state index contributed by atoms with van der Waals surface area (Å²) in [5.74, 6) is 0. The smallest absolute Gasteiger partial charge is 0.226 e. The Hall–Kier alpha value is -1.37. The first-order valence-electron chi connectivity index (χ1n) is 6.95. The largest absolute Gasteiger partial charge is 0.434 e. The number of rotatable bonds is 3. The van der Waals surface area contributed by atoms with Gasteiger partial charge in [-0.15, -0.1) is 0 Å². The van der Waals surface area contributed by atoms with Crippen LogP contribution in [-0.2, 0) is 12.6 Å². The Morgan fingerprint density at radius 1 is 1.33 bits per heavy atom. The first kappa shape index (κ1) is 14.6. The fourth-order valence-corrected chi connectivity index (χ4v) is 3.76. The quantitative estimate of drug-likeness (QED) is 0.836. The van der Waals surface area contributed by atoms with Crippen LogP contribution in [0.4, 0.5) is 13.2 Å². The third-order valence-electron chi connectivity index (χ3n) is 4.14. The molecule has 0 amide bonds. The SMILES string of the molecule is CC1(Cc2ccnn2-c2cc(C(F)(F)F)ns2)CCCC1. The highest BCUT2D eigenvalue weighted by atomic mass is 32.1. The lowest BCUT2D eigenvalue weighted by Gasteiger charge is -2.23. The number of hydrogen-bond donors (Lipinski definition) is 0. The zero-order valence-electron chi connectivity index (χ0n) is 11.7. The molecule has 0 aliphatic heterocycles. The summed E-state index contributed by atoms with van der Waals surface area (Å²) in [7, 11) is 0.